The van der Waals surface area contributed by atoms with Gasteiger partial charge in [0.05, 0.1) is 19.2 Å². The summed E-state index contributed by atoms with van der Waals surface area (Å²) in [5.41, 5.74) is -2.16. The van der Waals surface area contributed by atoms with Crippen molar-refractivity contribution in [3.63, 3.8) is 0 Å². The van der Waals surface area contributed by atoms with Gasteiger partial charge in [-0.2, -0.15) is 0 Å². The van der Waals surface area contributed by atoms with Crippen molar-refractivity contribution in [1.82, 2.24) is 20.4 Å². The topological polar surface area (TPSA) is 94.1 Å². The van der Waals surface area contributed by atoms with Crippen LogP contribution in [0.25, 0.3) is 0 Å². The molecule has 0 unspecified atom stereocenters. The van der Waals surface area contributed by atoms with Crippen molar-refractivity contribution in [2.24, 2.45) is 0 Å². The predicted molar refractivity (Wildman–Crippen MR) is 106 cm³/mol. The number of urea groups is 2. The summed E-state index contributed by atoms with van der Waals surface area (Å²) in [6, 6.07) is 0.450. The van der Waals surface area contributed by atoms with E-state index in [1.807, 2.05) is 0 Å². The number of rotatable bonds is 6. The Bertz CT molecular complexity index is 883. The zero-order valence-electron chi connectivity index (χ0n) is 17.8. The number of benzene rings is 1. The third-order valence-electron chi connectivity index (χ3n) is 5.55. The molecule has 0 bridgehead atoms. The molecule has 13 heteroatoms. The maximum absolute atomic E-state index is 15.1. The Hall–Kier alpha value is -2.83. The van der Waals surface area contributed by atoms with Crippen molar-refractivity contribution < 1.29 is 41.4 Å². The molecule has 1 saturated heterocycles. The second kappa shape index (κ2) is 9.57. The van der Waals surface area contributed by atoms with Gasteiger partial charge in [0, 0.05) is 44.2 Å². The lowest BCUT2D eigenvalue weighted by molar-refractivity contribution is -0.274. The minimum absolute atomic E-state index is 0.0487. The monoisotopic (exact) mass is 480 g/mol. The molecule has 1 aromatic carbocycles. The van der Waals surface area contributed by atoms with Crippen LogP contribution in [0.15, 0.2) is 18.2 Å². The van der Waals surface area contributed by atoms with Gasteiger partial charge in [0.1, 0.15) is 11.6 Å². The number of nitrogens with one attached hydrogen (secondary N) is 2. The quantitative estimate of drug-likeness (QED) is 0.546. The van der Waals surface area contributed by atoms with Crippen LogP contribution in [-0.2, 0) is 6.54 Å². The lowest BCUT2D eigenvalue weighted by Crippen LogP contribution is -2.62. The number of aliphatic hydroxyl groups is 1. The molecule has 2 atom stereocenters. The van der Waals surface area contributed by atoms with Crippen LogP contribution in [0, 0.1) is 5.82 Å². The summed E-state index contributed by atoms with van der Waals surface area (Å²) in [6.45, 7) is -1.42. The molecule has 0 radical (unpaired) electrons. The molecular formula is C20H25F5N4O4. The molecule has 184 valence electrons. The highest BCUT2D eigenvalue weighted by Crippen LogP contribution is 2.35. The molecule has 1 aliphatic carbocycles. The van der Waals surface area contributed by atoms with Crippen molar-refractivity contribution in [1.29, 1.82) is 0 Å². The standard InChI is InChI=1S/C20H25F5N4O4/c1-26-17(31)28-9-14(7-19(22,10-28)11-30)29(13-3-4-13)18(32)27-8-12-2-5-15(6-16(12)21)33-20(23,24)25/h2,5-6,13-14,30H,3-4,7-11H2,1H3,(H,26,31)(H,27,32)/t14-,19+/m1/s1. The van der Waals surface area contributed by atoms with E-state index in [0.29, 0.717) is 18.9 Å². The molecular weight excluding hydrogens is 455 g/mol. The third-order valence-corrected chi connectivity index (χ3v) is 5.55. The zero-order chi connectivity index (χ0) is 24.4. The van der Waals surface area contributed by atoms with Gasteiger partial charge < -0.3 is 30.3 Å². The number of amides is 4. The number of alkyl halides is 4. The van der Waals surface area contributed by atoms with Crippen molar-refractivity contribution in [3.8, 4) is 5.75 Å². The van der Waals surface area contributed by atoms with Gasteiger partial charge in [0.15, 0.2) is 5.67 Å². The van der Waals surface area contributed by atoms with E-state index in [2.05, 4.69) is 15.4 Å². The molecule has 1 heterocycles. The number of carbonyl (C=O) groups excluding carboxylic acids is 2. The van der Waals surface area contributed by atoms with Gasteiger partial charge in [-0.1, -0.05) is 6.07 Å². The van der Waals surface area contributed by atoms with Gasteiger partial charge in [-0.25, -0.2) is 18.4 Å². The Labute approximate surface area is 186 Å². The van der Waals surface area contributed by atoms with Crippen LogP contribution in [0.3, 0.4) is 0 Å². The lowest BCUT2D eigenvalue weighted by Gasteiger charge is -2.44. The molecule has 2 fully saturated rings. The van der Waals surface area contributed by atoms with E-state index in [1.165, 1.54) is 16.8 Å². The van der Waals surface area contributed by atoms with E-state index < -0.39 is 48.3 Å². The van der Waals surface area contributed by atoms with E-state index in [1.54, 1.807) is 0 Å². The Morgan fingerprint density at radius 3 is 2.55 bits per heavy atom. The van der Waals surface area contributed by atoms with E-state index in [9.17, 15) is 32.3 Å². The maximum atomic E-state index is 15.1. The first-order valence-electron chi connectivity index (χ1n) is 10.3. The van der Waals surface area contributed by atoms with Gasteiger partial charge in [0.25, 0.3) is 0 Å². The molecule has 0 spiro atoms. The van der Waals surface area contributed by atoms with Crippen LogP contribution < -0.4 is 15.4 Å². The summed E-state index contributed by atoms with van der Waals surface area (Å²) in [5.74, 6) is -1.73. The Balaban J connectivity index is 1.70. The highest BCUT2D eigenvalue weighted by Gasteiger charge is 2.47. The molecule has 3 N–H and O–H groups in total. The largest absolute Gasteiger partial charge is 0.573 e. The number of halogens is 5. The van der Waals surface area contributed by atoms with Gasteiger partial charge in [-0.15, -0.1) is 13.2 Å². The van der Waals surface area contributed by atoms with Crippen molar-refractivity contribution >= 4 is 12.1 Å². The number of aliphatic hydroxyl groups excluding tert-OH is 1. The smallest absolute Gasteiger partial charge is 0.406 e. The fraction of sp³-hybridized carbons (Fsp3) is 0.600. The van der Waals surface area contributed by atoms with E-state index in [-0.39, 0.29) is 37.7 Å². The highest BCUT2D eigenvalue weighted by molar-refractivity contribution is 5.76. The summed E-state index contributed by atoms with van der Waals surface area (Å²) < 4.78 is 69.8. The first-order chi connectivity index (χ1) is 15.4. The van der Waals surface area contributed by atoms with Crippen LogP contribution in [0.5, 0.6) is 5.75 Å². The number of piperidine rings is 1. The highest BCUT2D eigenvalue weighted by atomic mass is 19.4. The number of hydrogen-bond acceptors (Lipinski definition) is 4. The van der Waals surface area contributed by atoms with E-state index in [4.69, 9.17) is 0 Å². The van der Waals surface area contributed by atoms with Crippen LogP contribution in [-0.4, -0.2) is 77.8 Å². The average Bonchev–Trinajstić information content (AvgIpc) is 3.56. The second-order valence-corrected chi connectivity index (χ2v) is 8.20. The van der Waals surface area contributed by atoms with Crippen LogP contribution in [0.2, 0.25) is 0 Å². The molecule has 4 amide bonds. The maximum Gasteiger partial charge on any atom is 0.573 e. The SMILES string of the molecule is CNC(=O)N1C[C@H](N(C(=O)NCc2ccc(OC(F)(F)F)cc2F)C2CC2)C[C@@](F)(CO)C1. The van der Waals surface area contributed by atoms with Crippen molar-refractivity contribution in [2.75, 3.05) is 26.7 Å². The fourth-order valence-electron chi connectivity index (χ4n) is 3.94. The Morgan fingerprint density at radius 2 is 2.00 bits per heavy atom. The molecule has 1 aromatic rings. The van der Waals surface area contributed by atoms with Crippen LogP contribution >= 0.6 is 0 Å². The summed E-state index contributed by atoms with van der Waals surface area (Å²) in [5, 5.41) is 14.4. The minimum atomic E-state index is -4.96. The number of hydrogen-bond donors (Lipinski definition) is 3. The second-order valence-electron chi connectivity index (χ2n) is 8.20. The van der Waals surface area contributed by atoms with E-state index >= 15 is 4.39 Å². The van der Waals surface area contributed by atoms with Gasteiger partial charge in [-0.05, 0) is 18.9 Å². The fourth-order valence-corrected chi connectivity index (χ4v) is 3.94. The minimum Gasteiger partial charge on any atom is -0.406 e. The molecule has 33 heavy (non-hydrogen) atoms. The van der Waals surface area contributed by atoms with Gasteiger partial charge in [-0.3, -0.25) is 0 Å². The van der Waals surface area contributed by atoms with Gasteiger partial charge >= 0.3 is 18.4 Å². The first kappa shape index (κ1) is 24.8. The summed E-state index contributed by atoms with van der Waals surface area (Å²) in [4.78, 5) is 27.6. The average molecular weight is 480 g/mol. The Morgan fingerprint density at radius 1 is 1.30 bits per heavy atom. The molecule has 0 aromatic heterocycles. The zero-order valence-corrected chi connectivity index (χ0v) is 17.8. The first-order valence-corrected chi connectivity index (χ1v) is 10.3. The predicted octanol–water partition coefficient (Wildman–Crippen LogP) is 2.51. The normalized spacial score (nSPS) is 23.1. The van der Waals surface area contributed by atoms with Crippen molar-refractivity contribution in [3.05, 3.63) is 29.6 Å². The molecule has 1 aliphatic heterocycles. The summed E-state index contributed by atoms with van der Waals surface area (Å²) in [6.07, 6.45) is -3.81. The van der Waals surface area contributed by atoms with Crippen LogP contribution in [0.1, 0.15) is 24.8 Å². The Kier molecular flexibility index (Phi) is 7.20. The van der Waals surface area contributed by atoms with Gasteiger partial charge in [0.2, 0.25) is 0 Å². The summed E-state index contributed by atoms with van der Waals surface area (Å²) in [7, 11) is 1.38. The number of likely N-dealkylation sites (tertiary alicyclic amines) is 1. The lowest BCUT2D eigenvalue weighted by atomic mass is 9.91. The molecule has 3 rings (SSSR count). The summed E-state index contributed by atoms with van der Waals surface area (Å²) >= 11 is 0. The van der Waals surface area contributed by atoms with E-state index in [0.717, 1.165) is 12.1 Å². The number of nitrogens with zero attached hydrogens (tertiary/aromatic N) is 2. The number of carbonyl (C=O) groups is 2. The van der Waals surface area contributed by atoms with Crippen LogP contribution in [0.4, 0.5) is 31.5 Å². The molecule has 8 nitrogen and oxygen atoms in total. The molecule has 1 saturated carbocycles. The number of ether oxygens (including phenoxy) is 1. The third kappa shape index (κ3) is 6.36. The molecule has 2 aliphatic rings. The van der Waals surface area contributed by atoms with Crippen molar-refractivity contribution in [2.45, 2.75) is 49.9 Å².